The number of hydrogen-bond donors (Lipinski definition) is 0. The third-order valence-electron chi connectivity index (χ3n) is 3.65. The lowest BCUT2D eigenvalue weighted by Crippen LogP contribution is -2.36. The summed E-state index contributed by atoms with van der Waals surface area (Å²) in [5, 5.41) is 0. The molecule has 1 aromatic carbocycles. The van der Waals surface area contributed by atoms with Gasteiger partial charge in [0.15, 0.2) is 11.6 Å². The first-order valence-corrected chi connectivity index (χ1v) is 6.97. The van der Waals surface area contributed by atoms with E-state index in [9.17, 15) is 26.7 Å². The highest BCUT2D eigenvalue weighted by atomic mass is 19.4. The molecular formula is C15H10F5N3O. The Kier molecular flexibility index (Phi) is 3.94. The maximum absolute atomic E-state index is 14.1. The van der Waals surface area contributed by atoms with Crippen LogP contribution in [0.15, 0.2) is 24.5 Å². The molecule has 0 atom stereocenters. The van der Waals surface area contributed by atoms with Gasteiger partial charge in [0.05, 0.1) is 11.3 Å². The average Bonchev–Trinajstić information content (AvgIpc) is 2.56. The van der Waals surface area contributed by atoms with Crippen LogP contribution in [0.2, 0.25) is 0 Å². The smallest absolute Gasteiger partial charge is 0.305 e. The number of benzene rings is 1. The topological polar surface area (TPSA) is 46.1 Å². The molecule has 0 unspecified atom stereocenters. The second-order valence-electron chi connectivity index (χ2n) is 5.22. The number of alkyl halides is 3. The van der Waals surface area contributed by atoms with Gasteiger partial charge in [-0.05, 0) is 24.5 Å². The summed E-state index contributed by atoms with van der Waals surface area (Å²) in [4.78, 5) is 19.7. The predicted molar refractivity (Wildman–Crippen MR) is 73.4 cm³/mol. The molecule has 2 aromatic rings. The quantitative estimate of drug-likeness (QED) is 0.746. The summed E-state index contributed by atoms with van der Waals surface area (Å²) < 4.78 is 64.9. The lowest BCUT2D eigenvalue weighted by atomic mass is 10.0. The summed E-state index contributed by atoms with van der Waals surface area (Å²) in [6.07, 6.45) is -2.28. The van der Waals surface area contributed by atoms with Gasteiger partial charge in [0.2, 0.25) is 5.82 Å². The molecule has 0 spiro atoms. The first-order chi connectivity index (χ1) is 11.3. The summed E-state index contributed by atoms with van der Waals surface area (Å²) in [6.45, 7) is 0.118. The highest BCUT2D eigenvalue weighted by Crippen LogP contribution is 2.32. The van der Waals surface area contributed by atoms with Crippen molar-refractivity contribution in [3.63, 3.8) is 0 Å². The molecule has 2 heterocycles. The fourth-order valence-electron chi connectivity index (χ4n) is 2.56. The van der Waals surface area contributed by atoms with Crippen molar-refractivity contribution in [2.24, 2.45) is 0 Å². The molecule has 0 radical (unpaired) electrons. The molecule has 126 valence electrons. The number of carbonyl (C=O) groups is 1. The zero-order valence-electron chi connectivity index (χ0n) is 12.1. The van der Waals surface area contributed by atoms with Crippen LogP contribution in [0.4, 0.5) is 27.6 Å². The van der Waals surface area contributed by atoms with E-state index in [0.717, 1.165) is 23.4 Å². The van der Waals surface area contributed by atoms with E-state index in [2.05, 4.69) is 9.97 Å². The average molecular weight is 343 g/mol. The second kappa shape index (κ2) is 5.81. The zero-order chi connectivity index (χ0) is 17.5. The van der Waals surface area contributed by atoms with E-state index in [1.807, 2.05) is 0 Å². The SMILES string of the molecule is O=C(c1cnc(C(F)(F)F)nc1)N1CCCc2ccc(F)c(F)c21. The molecule has 0 N–H and O–H groups in total. The minimum absolute atomic E-state index is 0.118. The maximum Gasteiger partial charge on any atom is 0.451 e. The van der Waals surface area contributed by atoms with Crippen molar-refractivity contribution in [1.82, 2.24) is 9.97 Å². The Balaban J connectivity index is 1.96. The van der Waals surface area contributed by atoms with E-state index in [4.69, 9.17) is 0 Å². The van der Waals surface area contributed by atoms with Crippen molar-refractivity contribution in [2.75, 3.05) is 11.4 Å². The first-order valence-electron chi connectivity index (χ1n) is 6.97. The first kappa shape index (κ1) is 16.3. The van der Waals surface area contributed by atoms with Crippen LogP contribution in [0.1, 0.15) is 28.2 Å². The van der Waals surface area contributed by atoms with E-state index in [-0.39, 0.29) is 17.8 Å². The Morgan fingerprint density at radius 2 is 1.79 bits per heavy atom. The van der Waals surface area contributed by atoms with Crippen LogP contribution in [0, 0.1) is 11.6 Å². The van der Waals surface area contributed by atoms with E-state index in [1.54, 1.807) is 0 Å². The van der Waals surface area contributed by atoms with Gasteiger partial charge < -0.3 is 4.90 Å². The molecule has 24 heavy (non-hydrogen) atoms. The van der Waals surface area contributed by atoms with Gasteiger partial charge in [-0.25, -0.2) is 18.7 Å². The molecule has 1 aromatic heterocycles. The number of aromatic nitrogens is 2. The molecule has 3 rings (SSSR count). The molecule has 0 saturated carbocycles. The maximum atomic E-state index is 14.1. The number of nitrogens with zero attached hydrogens (tertiary/aromatic N) is 3. The third-order valence-corrected chi connectivity index (χ3v) is 3.65. The molecule has 0 fully saturated rings. The zero-order valence-corrected chi connectivity index (χ0v) is 12.1. The summed E-state index contributed by atoms with van der Waals surface area (Å²) in [7, 11) is 0. The minimum atomic E-state index is -4.73. The number of amides is 1. The molecule has 0 aliphatic carbocycles. The van der Waals surface area contributed by atoms with E-state index in [0.29, 0.717) is 18.4 Å². The van der Waals surface area contributed by atoms with Gasteiger partial charge in [-0.1, -0.05) is 6.07 Å². The van der Waals surface area contributed by atoms with Crippen LogP contribution in [0.25, 0.3) is 0 Å². The number of carbonyl (C=O) groups excluding carboxylic acids is 1. The van der Waals surface area contributed by atoms with Crippen molar-refractivity contribution in [3.8, 4) is 0 Å². The van der Waals surface area contributed by atoms with Gasteiger partial charge in [0, 0.05) is 18.9 Å². The Morgan fingerprint density at radius 1 is 1.12 bits per heavy atom. The standard InChI is InChI=1S/C15H10F5N3O/c16-10-4-3-8-2-1-5-23(12(8)11(10)17)13(24)9-6-21-14(22-7-9)15(18,19)20/h3-4,6-7H,1-2,5H2. The molecule has 1 aliphatic heterocycles. The van der Waals surface area contributed by atoms with Gasteiger partial charge >= 0.3 is 6.18 Å². The Labute approximate surface area is 132 Å². The lowest BCUT2D eigenvalue weighted by Gasteiger charge is -2.29. The number of rotatable bonds is 1. The summed E-state index contributed by atoms with van der Waals surface area (Å²) in [5.74, 6) is -4.42. The lowest BCUT2D eigenvalue weighted by molar-refractivity contribution is -0.145. The van der Waals surface area contributed by atoms with Crippen LogP contribution >= 0.6 is 0 Å². The Bertz CT molecular complexity index is 789. The van der Waals surface area contributed by atoms with Gasteiger partial charge in [-0.15, -0.1) is 0 Å². The van der Waals surface area contributed by atoms with Crippen molar-refractivity contribution in [2.45, 2.75) is 19.0 Å². The van der Waals surface area contributed by atoms with Gasteiger partial charge in [-0.2, -0.15) is 13.2 Å². The Morgan fingerprint density at radius 3 is 2.42 bits per heavy atom. The summed E-state index contributed by atoms with van der Waals surface area (Å²) in [5.41, 5.74) is 0.0342. The number of halogens is 5. The van der Waals surface area contributed by atoms with Crippen molar-refractivity contribution in [3.05, 3.63) is 53.1 Å². The van der Waals surface area contributed by atoms with Crippen LogP contribution in [0.5, 0.6) is 0 Å². The van der Waals surface area contributed by atoms with Crippen molar-refractivity contribution in [1.29, 1.82) is 0 Å². The summed E-state index contributed by atoms with van der Waals surface area (Å²) >= 11 is 0. The molecule has 1 amide bonds. The van der Waals surface area contributed by atoms with Gasteiger partial charge in [0.1, 0.15) is 0 Å². The number of hydrogen-bond acceptors (Lipinski definition) is 3. The largest absolute Gasteiger partial charge is 0.451 e. The summed E-state index contributed by atoms with van der Waals surface area (Å²) in [6, 6.07) is 2.36. The highest BCUT2D eigenvalue weighted by Gasteiger charge is 2.35. The number of fused-ring (bicyclic) bond motifs is 1. The normalized spacial score (nSPS) is 14.5. The molecule has 9 heteroatoms. The number of aryl methyl sites for hydroxylation is 1. The molecule has 1 aliphatic rings. The van der Waals surface area contributed by atoms with Crippen LogP contribution < -0.4 is 4.90 Å². The number of anilines is 1. The molecule has 4 nitrogen and oxygen atoms in total. The fourth-order valence-corrected chi connectivity index (χ4v) is 2.56. The van der Waals surface area contributed by atoms with Crippen molar-refractivity contribution >= 4 is 11.6 Å². The molecule has 0 bridgehead atoms. The van der Waals surface area contributed by atoms with Crippen LogP contribution in [0.3, 0.4) is 0 Å². The fraction of sp³-hybridized carbons (Fsp3) is 0.267. The van der Waals surface area contributed by atoms with Crippen LogP contribution in [-0.4, -0.2) is 22.4 Å². The monoisotopic (exact) mass is 343 g/mol. The van der Waals surface area contributed by atoms with Gasteiger partial charge in [-0.3, -0.25) is 4.79 Å². The highest BCUT2D eigenvalue weighted by molar-refractivity contribution is 6.06. The minimum Gasteiger partial charge on any atom is -0.305 e. The third kappa shape index (κ3) is 2.81. The van der Waals surface area contributed by atoms with E-state index >= 15 is 0 Å². The second-order valence-corrected chi connectivity index (χ2v) is 5.22. The predicted octanol–water partition coefficient (Wildman–Crippen LogP) is 3.37. The molecule has 0 saturated heterocycles. The van der Waals surface area contributed by atoms with Crippen molar-refractivity contribution < 1.29 is 26.7 Å². The van der Waals surface area contributed by atoms with Gasteiger partial charge in [0.25, 0.3) is 5.91 Å². The van der Waals surface area contributed by atoms with E-state index < -0.39 is 29.5 Å². The van der Waals surface area contributed by atoms with E-state index in [1.165, 1.54) is 6.07 Å². The van der Waals surface area contributed by atoms with Crippen LogP contribution in [-0.2, 0) is 12.6 Å². The molecular weight excluding hydrogens is 333 g/mol. The Hall–Kier alpha value is -2.58.